The lowest BCUT2D eigenvalue weighted by molar-refractivity contribution is -0.122. The van der Waals surface area contributed by atoms with Gasteiger partial charge in [-0.2, -0.15) is 5.26 Å². The summed E-state index contributed by atoms with van der Waals surface area (Å²) in [6.45, 7) is 1.64. The van der Waals surface area contributed by atoms with Gasteiger partial charge in [0.25, 0.3) is 5.91 Å². The fraction of sp³-hybridized carbons (Fsp3) is 0.125. The molecular formula is C16H12Br2N2O2. The number of anilines is 1. The lowest BCUT2D eigenvalue weighted by Gasteiger charge is -2.16. The first-order valence-corrected chi connectivity index (χ1v) is 8.01. The number of amides is 1. The van der Waals surface area contributed by atoms with Crippen molar-refractivity contribution in [3.05, 3.63) is 57.0 Å². The second-order valence-corrected chi connectivity index (χ2v) is 6.25. The lowest BCUT2D eigenvalue weighted by Crippen LogP contribution is -2.30. The number of nitriles is 1. The predicted molar refractivity (Wildman–Crippen MR) is 91.7 cm³/mol. The molecular weight excluding hydrogens is 412 g/mol. The molecule has 0 fully saturated rings. The van der Waals surface area contributed by atoms with Crippen LogP contribution in [0.1, 0.15) is 12.5 Å². The smallest absolute Gasteiger partial charge is 0.265 e. The Morgan fingerprint density at radius 2 is 2.00 bits per heavy atom. The van der Waals surface area contributed by atoms with Crippen LogP contribution in [-0.4, -0.2) is 12.0 Å². The zero-order chi connectivity index (χ0) is 16.1. The SMILES string of the molecule is C[C@H](Oc1ccccc1C#N)C(=O)Nc1ccc(Br)cc1Br. The van der Waals surface area contributed by atoms with Gasteiger partial charge in [-0.3, -0.25) is 4.79 Å². The van der Waals surface area contributed by atoms with Crippen molar-refractivity contribution in [2.45, 2.75) is 13.0 Å². The van der Waals surface area contributed by atoms with Gasteiger partial charge in [-0.25, -0.2) is 0 Å². The van der Waals surface area contributed by atoms with E-state index in [-0.39, 0.29) is 5.91 Å². The van der Waals surface area contributed by atoms with Crippen LogP contribution in [0.4, 0.5) is 5.69 Å². The summed E-state index contributed by atoms with van der Waals surface area (Å²) in [4.78, 5) is 12.2. The number of rotatable bonds is 4. The highest BCUT2D eigenvalue weighted by Crippen LogP contribution is 2.26. The van der Waals surface area contributed by atoms with E-state index >= 15 is 0 Å². The molecule has 0 spiro atoms. The first-order chi connectivity index (χ1) is 10.5. The molecule has 0 bridgehead atoms. The summed E-state index contributed by atoms with van der Waals surface area (Å²) in [7, 11) is 0. The van der Waals surface area contributed by atoms with Crippen molar-refractivity contribution >= 4 is 43.5 Å². The molecule has 0 saturated heterocycles. The summed E-state index contributed by atoms with van der Waals surface area (Å²) in [6.07, 6.45) is -0.731. The van der Waals surface area contributed by atoms with Crippen molar-refractivity contribution in [2.24, 2.45) is 0 Å². The minimum Gasteiger partial charge on any atom is -0.480 e. The minimum absolute atomic E-state index is 0.296. The highest BCUT2D eigenvalue weighted by molar-refractivity contribution is 9.11. The van der Waals surface area contributed by atoms with Gasteiger partial charge in [-0.05, 0) is 53.2 Å². The number of hydrogen-bond donors (Lipinski definition) is 1. The fourth-order valence-corrected chi connectivity index (χ4v) is 2.88. The summed E-state index contributed by atoms with van der Waals surface area (Å²) in [5.41, 5.74) is 1.05. The second-order valence-electron chi connectivity index (χ2n) is 4.48. The molecule has 0 heterocycles. The summed E-state index contributed by atoms with van der Waals surface area (Å²) >= 11 is 6.74. The molecule has 0 aliphatic carbocycles. The third-order valence-electron chi connectivity index (χ3n) is 2.87. The van der Waals surface area contributed by atoms with Crippen LogP contribution in [0.5, 0.6) is 5.75 Å². The van der Waals surface area contributed by atoms with Gasteiger partial charge in [0.2, 0.25) is 0 Å². The summed E-state index contributed by atoms with van der Waals surface area (Å²) < 4.78 is 7.25. The average molecular weight is 424 g/mol. The zero-order valence-corrected chi connectivity index (χ0v) is 14.8. The lowest BCUT2D eigenvalue weighted by atomic mass is 10.2. The van der Waals surface area contributed by atoms with E-state index in [2.05, 4.69) is 37.2 Å². The molecule has 22 heavy (non-hydrogen) atoms. The van der Waals surface area contributed by atoms with Crippen molar-refractivity contribution in [1.82, 2.24) is 0 Å². The van der Waals surface area contributed by atoms with Crippen LogP contribution in [0, 0.1) is 11.3 Å². The maximum atomic E-state index is 12.2. The number of carbonyl (C=O) groups excluding carboxylic acids is 1. The predicted octanol–water partition coefficient (Wildman–Crippen LogP) is 4.49. The Hall–Kier alpha value is -1.84. The Kier molecular flexibility index (Phi) is 5.58. The number of nitrogens with zero attached hydrogens (tertiary/aromatic N) is 1. The van der Waals surface area contributed by atoms with Crippen LogP contribution in [0.25, 0.3) is 0 Å². The molecule has 1 amide bonds. The monoisotopic (exact) mass is 422 g/mol. The molecule has 2 rings (SSSR count). The Bertz CT molecular complexity index is 741. The van der Waals surface area contributed by atoms with Gasteiger partial charge < -0.3 is 10.1 Å². The van der Waals surface area contributed by atoms with E-state index in [9.17, 15) is 4.79 Å². The fourth-order valence-electron chi connectivity index (χ4n) is 1.73. The Morgan fingerprint density at radius 1 is 1.27 bits per heavy atom. The number of para-hydroxylation sites is 1. The summed E-state index contributed by atoms with van der Waals surface area (Å²) in [5.74, 6) is 0.0956. The van der Waals surface area contributed by atoms with Gasteiger partial charge in [0.15, 0.2) is 6.10 Å². The molecule has 0 aromatic heterocycles. The maximum Gasteiger partial charge on any atom is 0.265 e. The van der Waals surface area contributed by atoms with Crippen LogP contribution < -0.4 is 10.1 Å². The van der Waals surface area contributed by atoms with E-state index in [0.717, 1.165) is 8.95 Å². The molecule has 1 N–H and O–H groups in total. The van der Waals surface area contributed by atoms with Crippen LogP contribution >= 0.6 is 31.9 Å². The van der Waals surface area contributed by atoms with E-state index < -0.39 is 6.10 Å². The molecule has 2 aromatic carbocycles. The van der Waals surface area contributed by atoms with Crippen LogP contribution in [0.3, 0.4) is 0 Å². The topological polar surface area (TPSA) is 62.1 Å². The number of hydrogen-bond acceptors (Lipinski definition) is 3. The van der Waals surface area contributed by atoms with E-state index in [0.29, 0.717) is 17.0 Å². The van der Waals surface area contributed by atoms with E-state index in [1.165, 1.54) is 0 Å². The van der Waals surface area contributed by atoms with Crippen molar-refractivity contribution in [2.75, 3.05) is 5.32 Å². The van der Waals surface area contributed by atoms with Gasteiger partial charge in [0.1, 0.15) is 11.8 Å². The van der Waals surface area contributed by atoms with Gasteiger partial charge in [-0.15, -0.1) is 0 Å². The van der Waals surface area contributed by atoms with Crippen molar-refractivity contribution < 1.29 is 9.53 Å². The molecule has 1 atom stereocenters. The number of nitrogens with one attached hydrogen (secondary N) is 1. The molecule has 0 unspecified atom stereocenters. The van der Waals surface area contributed by atoms with Gasteiger partial charge >= 0.3 is 0 Å². The van der Waals surface area contributed by atoms with Gasteiger partial charge in [-0.1, -0.05) is 28.1 Å². The molecule has 112 valence electrons. The number of carbonyl (C=O) groups is 1. The Labute approximate surface area is 145 Å². The van der Waals surface area contributed by atoms with Gasteiger partial charge in [0, 0.05) is 8.95 Å². The summed E-state index contributed by atoms with van der Waals surface area (Å²) in [5, 5.41) is 11.8. The molecule has 2 aromatic rings. The molecule has 0 aliphatic heterocycles. The van der Waals surface area contributed by atoms with Crippen molar-refractivity contribution in [3.63, 3.8) is 0 Å². The average Bonchev–Trinajstić information content (AvgIpc) is 2.50. The van der Waals surface area contributed by atoms with Crippen molar-refractivity contribution in [1.29, 1.82) is 5.26 Å². The third-order valence-corrected chi connectivity index (χ3v) is 4.02. The largest absolute Gasteiger partial charge is 0.480 e. The Balaban J connectivity index is 2.08. The number of halogens is 2. The number of benzene rings is 2. The van der Waals surface area contributed by atoms with Crippen LogP contribution in [0.2, 0.25) is 0 Å². The first-order valence-electron chi connectivity index (χ1n) is 6.43. The third kappa shape index (κ3) is 4.09. The molecule has 0 radical (unpaired) electrons. The van der Waals surface area contributed by atoms with E-state index in [1.807, 2.05) is 18.2 Å². The van der Waals surface area contributed by atoms with Crippen LogP contribution in [0.15, 0.2) is 51.4 Å². The molecule has 4 nitrogen and oxygen atoms in total. The van der Waals surface area contributed by atoms with Crippen molar-refractivity contribution in [3.8, 4) is 11.8 Å². The summed E-state index contributed by atoms with van der Waals surface area (Å²) in [6, 6.07) is 14.3. The second kappa shape index (κ2) is 7.43. The highest BCUT2D eigenvalue weighted by Gasteiger charge is 2.17. The Morgan fingerprint density at radius 3 is 2.68 bits per heavy atom. The highest BCUT2D eigenvalue weighted by atomic mass is 79.9. The zero-order valence-electron chi connectivity index (χ0n) is 11.6. The normalized spacial score (nSPS) is 11.4. The van der Waals surface area contributed by atoms with Gasteiger partial charge in [0.05, 0.1) is 11.3 Å². The molecule has 0 aliphatic rings. The first kappa shape index (κ1) is 16.5. The minimum atomic E-state index is -0.731. The quantitative estimate of drug-likeness (QED) is 0.787. The molecule has 0 saturated carbocycles. The maximum absolute atomic E-state index is 12.2. The van der Waals surface area contributed by atoms with E-state index in [4.69, 9.17) is 10.00 Å². The number of ether oxygens (including phenoxy) is 1. The molecule has 6 heteroatoms. The standard InChI is InChI=1S/C16H12Br2N2O2/c1-10(22-15-5-3-2-4-11(15)9-19)16(21)20-14-7-6-12(17)8-13(14)18/h2-8,10H,1H3,(H,20,21)/t10-/m0/s1. The van der Waals surface area contributed by atoms with Crippen LogP contribution in [-0.2, 0) is 4.79 Å². The van der Waals surface area contributed by atoms with E-state index in [1.54, 1.807) is 37.3 Å².